The minimum Gasteiger partial charge on any atom is -0.233 e. The lowest BCUT2D eigenvalue weighted by atomic mass is 10.1. The summed E-state index contributed by atoms with van der Waals surface area (Å²) in [5.74, 6) is 1.71. The summed E-state index contributed by atoms with van der Waals surface area (Å²) in [4.78, 5) is 9.86. The Hall–Kier alpha value is -1.07. The van der Waals surface area contributed by atoms with E-state index in [-0.39, 0.29) is 0 Å². The molecule has 0 heterocycles. The van der Waals surface area contributed by atoms with Gasteiger partial charge in [-0.05, 0) is 32.3 Å². The van der Waals surface area contributed by atoms with E-state index in [1.807, 2.05) is 0 Å². The fourth-order valence-electron chi connectivity index (χ4n) is 0.702. The Labute approximate surface area is 68.1 Å². The van der Waals surface area contributed by atoms with E-state index >= 15 is 0 Å². The molecule has 0 atom stereocenters. The van der Waals surface area contributed by atoms with Crippen molar-refractivity contribution >= 4 is 5.94 Å². The molecule has 60 valence electrons. The van der Waals surface area contributed by atoms with E-state index in [4.69, 9.17) is 0 Å². The molecule has 0 amide bonds. The molecule has 0 aliphatic carbocycles. The fourth-order valence-corrected chi connectivity index (χ4v) is 0.702. The van der Waals surface area contributed by atoms with Crippen LogP contribution in [-0.4, -0.2) is 5.94 Å². The molecule has 0 aromatic rings. The zero-order valence-electron chi connectivity index (χ0n) is 7.18. The van der Waals surface area contributed by atoms with Crippen LogP contribution in [0, 0.1) is 0 Å². The first-order valence-corrected chi connectivity index (χ1v) is 3.69. The lowest BCUT2D eigenvalue weighted by Gasteiger charge is -1.93. The Kier molecular flexibility index (Phi) is 5.14. The Balaban J connectivity index is 3.63. The van der Waals surface area contributed by atoms with Gasteiger partial charge in [-0.25, -0.2) is 4.79 Å². The van der Waals surface area contributed by atoms with Gasteiger partial charge < -0.3 is 0 Å². The van der Waals surface area contributed by atoms with Crippen LogP contribution in [0.1, 0.15) is 26.7 Å². The molecule has 0 aromatic heterocycles. The Morgan fingerprint density at radius 3 is 2.64 bits per heavy atom. The maximum atomic E-state index is 9.86. The zero-order chi connectivity index (χ0) is 8.69. The molecule has 1 nitrogen and oxygen atoms in total. The molecule has 11 heavy (non-hydrogen) atoms. The molecule has 0 aromatic carbocycles. The van der Waals surface area contributed by atoms with Crippen LogP contribution in [0.25, 0.3) is 0 Å². The minimum atomic E-state index is 0.845. The molecular formula is C10H14O. The van der Waals surface area contributed by atoms with Crippen molar-refractivity contribution in [2.45, 2.75) is 26.7 Å². The van der Waals surface area contributed by atoms with Gasteiger partial charge in [0.25, 0.3) is 0 Å². The van der Waals surface area contributed by atoms with Crippen LogP contribution in [-0.2, 0) is 4.79 Å². The number of hydrogen-bond acceptors (Lipinski definition) is 1. The maximum absolute atomic E-state index is 9.86. The fraction of sp³-hybridized carbons (Fsp3) is 0.400. The standard InChI is InChI=1S/C10H14O/c1-9(2)5-4-6-10(3)7-8-11/h5,7H,3-4,6H2,1-2H3. The molecule has 0 aliphatic rings. The Bertz CT molecular complexity index is 201. The lowest BCUT2D eigenvalue weighted by Crippen LogP contribution is -1.75. The molecule has 0 unspecified atom stereocenters. The summed E-state index contributed by atoms with van der Waals surface area (Å²) in [6, 6.07) is 0. The van der Waals surface area contributed by atoms with E-state index in [9.17, 15) is 4.79 Å². The molecule has 0 spiro atoms. The normalized spacial score (nSPS) is 8.18. The summed E-state index contributed by atoms with van der Waals surface area (Å²) >= 11 is 0. The highest BCUT2D eigenvalue weighted by Crippen LogP contribution is 2.04. The van der Waals surface area contributed by atoms with Gasteiger partial charge in [0, 0.05) is 6.08 Å². The second-order valence-electron chi connectivity index (χ2n) is 2.74. The third kappa shape index (κ3) is 6.82. The Morgan fingerprint density at radius 1 is 1.55 bits per heavy atom. The van der Waals surface area contributed by atoms with Crippen molar-refractivity contribution in [1.82, 2.24) is 0 Å². The SMILES string of the molecule is C=C(C=C=O)CCC=C(C)C. The molecule has 1 heteroatoms. The van der Waals surface area contributed by atoms with Crippen molar-refractivity contribution in [1.29, 1.82) is 0 Å². The first kappa shape index (κ1) is 9.93. The second-order valence-corrected chi connectivity index (χ2v) is 2.74. The highest BCUT2D eigenvalue weighted by Gasteiger charge is 1.86. The molecular weight excluding hydrogens is 136 g/mol. The predicted molar refractivity (Wildman–Crippen MR) is 48.1 cm³/mol. The zero-order valence-corrected chi connectivity index (χ0v) is 7.18. The van der Waals surface area contributed by atoms with E-state index in [0.717, 1.165) is 18.4 Å². The number of rotatable bonds is 4. The average Bonchev–Trinajstić information content (AvgIpc) is 1.87. The quantitative estimate of drug-likeness (QED) is 0.342. The number of carbonyl (C=O) groups excluding carboxylic acids is 1. The van der Waals surface area contributed by atoms with E-state index in [0.29, 0.717) is 0 Å². The van der Waals surface area contributed by atoms with Crippen LogP contribution in [0.5, 0.6) is 0 Å². The molecule has 0 saturated carbocycles. The molecule has 0 rings (SSSR count). The van der Waals surface area contributed by atoms with Crippen LogP contribution in [0.2, 0.25) is 0 Å². The summed E-state index contributed by atoms with van der Waals surface area (Å²) in [5.41, 5.74) is 2.14. The highest BCUT2D eigenvalue weighted by atomic mass is 16.1. The van der Waals surface area contributed by atoms with E-state index in [1.54, 1.807) is 5.94 Å². The topological polar surface area (TPSA) is 17.1 Å². The van der Waals surface area contributed by atoms with Crippen molar-refractivity contribution < 1.29 is 4.79 Å². The second kappa shape index (κ2) is 5.70. The van der Waals surface area contributed by atoms with Gasteiger partial charge >= 0.3 is 0 Å². The van der Waals surface area contributed by atoms with Crippen molar-refractivity contribution in [3.8, 4) is 0 Å². The molecule has 0 saturated heterocycles. The smallest absolute Gasteiger partial charge is 0.124 e. The van der Waals surface area contributed by atoms with Crippen molar-refractivity contribution in [3.05, 3.63) is 29.9 Å². The van der Waals surface area contributed by atoms with Gasteiger partial charge in [-0.2, -0.15) is 0 Å². The number of hydrogen-bond donors (Lipinski definition) is 0. The lowest BCUT2D eigenvalue weighted by molar-refractivity contribution is 0.568. The summed E-state index contributed by atoms with van der Waals surface area (Å²) in [7, 11) is 0. The van der Waals surface area contributed by atoms with E-state index in [1.165, 1.54) is 11.6 Å². The summed E-state index contributed by atoms with van der Waals surface area (Å²) in [6.07, 6.45) is 5.32. The van der Waals surface area contributed by atoms with Gasteiger partial charge in [-0.1, -0.05) is 18.2 Å². The number of allylic oxidation sites excluding steroid dienone is 4. The van der Waals surface area contributed by atoms with E-state index < -0.39 is 0 Å². The molecule has 0 aliphatic heterocycles. The summed E-state index contributed by atoms with van der Waals surface area (Å²) in [5, 5.41) is 0. The molecule has 0 fully saturated rings. The van der Waals surface area contributed by atoms with Gasteiger partial charge in [-0.15, -0.1) is 0 Å². The average molecular weight is 150 g/mol. The van der Waals surface area contributed by atoms with Crippen LogP contribution in [0.3, 0.4) is 0 Å². The first-order chi connectivity index (χ1) is 5.16. The predicted octanol–water partition coefficient (Wildman–Crippen LogP) is 2.68. The highest BCUT2D eigenvalue weighted by molar-refractivity contribution is 5.51. The summed E-state index contributed by atoms with van der Waals surface area (Å²) in [6.45, 7) is 7.80. The van der Waals surface area contributed by atoms with Gasteiger partial charge in [0.15, 0.2) is 0 Å². The van der Waals surface area contributed by atoms with Gasteiger partial charge in [0.2, 0.25) is 0 Å². The van der Waals surface area contributed by atoms with E-state index in [2.05, 4.69) is 26.5 Å². The molecule has 0 radical (unpaired) electrons. The maximum Gasteiger partial charge on any atom is 0.124 e. The molecule has 0 N–H and O–H groups in total. The largest absolute Gasteiger partial charge is 0.233 e. The molecule has 0 bridgehead atoms. The van der Waals surface area contributed by atoms with Gasteiger partial charge in [-0.3, -0.25) is 0 Å². The third-order valence-corrected chi connectivity index (χ3v) is 1.28. The first-order valence-electron chi connectivity index (χ1n) is 3.69. The summed E-state index contributed by atoms with van der Waals surface area (Å²) < 4.78 is 0. The third-order valence-electron chi connectivity index (χ3n) is 1.28. The van der Waals surface area contributed by atoms with Gasteiger partial charge in [0.05, 0.1) is 0 Å². The monoisotopic (exact) mass is 150 g/mol. The van der Waals surface area contributed by atoms with Crippen molar-refractivity contribution in [2.24, 2.45) is 0 Å². The minimum absolute atomic E-state index is 0.845. The Morgan fingerprint density at radius 2 is 2.18 bits per heavy atom. The van der Waals surface area contributed by atoms with Crippen LogP contribution >= 0.6 is 0 Å². The van der Waals surface area contributed by atoms with Crippen LogP contribution < -0.4 is 0 Å². The van der Waals surface area contributed by atoms with Crippen molar-refractivity contribution in [2.75, 3.05) is 0 Å². The van der Waals surface area contributed by atoms with Crippen LogP contribution in [0.15, 0.2) is 29.9 Å². The van der Waals surface area contributed by atoms with Crippen LogP contribution in [0.4, 0.5) is 0 Å². The van der Waals surface area contributed by atoms with Gasteiger partial charge in [0.1, 0.15) is 5.94 Å². The van der Waals surface area contributed by atoms with Crippen molar-refractivity contribution in [3.63, 3.8) is 0 Å².